The zero-order chi connectivity index (χ0) is 7.56. The fraction of sp³-hybridized carbons (Fsp3) is 0.125. The summed E-state index contributed by atoms with van der Waals surface area (Å²) in [7, 11) is 0. The summed E-state index contributed by atoms with van der Waals surface area (Å²) in [6.07, 6.45) is 0.387. The molecule has 0 atom stereocenters. The summed E-state index contributed by atoms with van der Waals surface area (Å²) in [6.45, 7) is 5.38. The zero-order valence-corrected chi connectivity index (χ0v) is 6.78. The Balaban J connectivity index is 3.17. The minimum absolute atomic E-state index is 0.387. The second-order valence-corrected chi connectivity index (χ2v) is 2.72. The lowest BCUT2D eigenvalue weighted by atomic mass is 10.2. The Hall–Kier alpha value is -0.200. The molecule has 0 aromatic heterocycles. The van der Waals surface area contributed by atoms with Crippen molar-refractivity contribution in [2.45, 2.75) is 6.42 Å². The maximum Gasteiger partial charge on any atom is 0.0452 e. The second-order valence-electron chi connectivity index (χ2n) is 1.90. The van der Waals surface area contributed by atoms with E-state index in [0.29, 0.717) is 16.5 Å². The Kier molecular flexibility index (Phi) is 2.58. The van der Waals surface area contributed by atoms with Gasteiger partial charge in [0.1, 0.15) is 0 Å². The number of hydrogen-bond donors (Lipinski definition) is 0. The lowest BCUT2D eigenvalue weighted by Crippen LogP contribution is -1.82. The van der Waals surface area contributed by atoms with Gasteiger partial charge in [0.25, 0.3) is 0 Å². The molecule has 52 valence electrons. The molecule has 0 saturated carbocycles. The van der Waals surface area contributed by atoms with Gasteiger partial charge in [0.2, 0.25) is 0 Å². The second kappa shape index (κ2) is 3.27. The van der Waals surface area contributed by atoms with E-state index in [4.69, 9.17) is 30.1 Å². The Morgan fingerprint density at radius 1 is 1.20 bits per heavy atom. The SMILES string of the molecule is [CH]Cc1c(Cl)cccc1Cl. The van der Waals surface area contributed by atoms with Crippen LogP contribution in [0.25, 0.3) is 0 Å². The molecule has 0 aliphatic rings. The van der Waals surface area contributed by atoms with Crippen LogP contribution in [0.3, 0.4) is 0 Å². The van der Waals surface area contributed by atoms with E-state index in [1.165, 1.54) is 0 Å². The van der Waals surface area contributed by atoms with Gasteiger partial charge in [-0.25, -0.2) is 0 Å². The molecule has 0 nitrogen and oxygen atoms in total. The lowest BCUT2D eigenvalue weighted by molar-refractivity contribution is 1.27. The maximum atomic E-state index is 5.77. The van der Waals surface area contributed by atoms with Gasteiger partial charge in [0.05, 0.1) is 0 Å². The summed E-state index contributed by atoms with van der Waals surface area (Å²) in [4.78, 5) is 0. The molecule has 0 heterocycles. The quantitative estimate of drug-likeness (QED) is 0.611. The molecule has 1 aromatic carbocycles. The van der Waals surface area contributed by atoms with Crippen LogP contribution < -0.4 is 0 Å². The van der Waals surface area contributed by atoms with Crippen molar-refractivity contribution in [3.63, 3.8) is 0 Å². The van der Waals surface area contributed by atoms with Crippen molar-refractivity contribution in [2.75, 3.05) is 0 Å². The summed E-state index contributed by atoms with van der Waals surface area (Å²) < 4.78 is 0. The van der Waals surface area contributed by atoms with E-state index in [0.717, 1.165) is 5.56 Å². The van der Waals surface area contributed by atoms with E-state index in [1.54, 1.807) is 18.2 Å². The van der Waals surface area contributed by atoms with Crippen LogP contribution in [0.4, 0.5) is 0 Å². The van der Waals surface area contributed by atoms with E-state index >= 15 is 0 Å². The third-order valence-electron chi connectivity index (χ3n) is 1.27. The fourth-order valence-corrected chi connectivity index (χ4v) is 1.28. The summed E-state index contributed by atoms with van der Waals surface area (Å²) in [6, 6.07) is 5.34. The minimum atomic E-state index is 0.387. The molecule has 0 N–H and O–H groups in total. The van der Waals surface area contributed by atoms with E-state index < -0.39 is 0 Å². The van der Waals surface area contributed by atoms with Crippen LogP contribution in [0.5, 0.6) is 0 Å². The lowest BCUT2D eigenvalue weighted by Gasteiger charge is -2.01. The molecule has 1 rings (SSSR count). The monoisotopic (exact) mass is 172 g/mol. The van der Waals surface area contributed by atoms with Crippen LogP contribution in [0.15, 0.2) is 18.2 Å². The third kappa shape index (κ3) is 1.44. The van der Waals surface area contributed by atoms with Gasteiger partial charge >= 0.3 is 0 Å². The van der Waals surface area contributed by atoms with Crippen LogP contribution in [0.1, 0.15) is 5.56 Å². The summed E-state index contributed by atoms with van der Waals surface area (Å²) in [5, 5.41) is 1.27. The van der Waals surface area contributed by atoms with Gasteiger partial charge < -0.3 is 0 Å². The van der Waals surface area contributed by atoms with E-state index in [-0.39, 0.29) is 0 Å². The van der Waals surface area contributed by atoms with Gasteiger partial charge in [-0.05, 0) is 31.0 Å². The normalized spacial score (nSPS) is 9.90. The number of hydrogen-bond acceptors (Lipinski definition) is 0. The first kappa shape index (κ1) is 7.90. The summed E-state index contributed by atoms with van der Waals surface area (Å²) in [5.41, 5.74) is 0.811. The van der Waals surface area contributed by atoms with Gasteiger partial charge in [-0.3, -0.25) is 0 Å². The van der Waals surface area contributed by atoms with Gasteiger partial charge in [0.15, 0.2) is 0 Å². The van der Waals surface area contributed by atoms with Crippen molar-refractivity contribution in [1.82, 2.24) is 0 Å². The number of benzene rings is 1. The van der Waals surface area contributed by atoms with E-state index in [1.807, 2.05) is 0 Å². The average Bonchev–Trinajstić information content (AvgIpc) is 1.88. The molecule has 0 amide bonds. The highest BCUT2D eigenvalue weighted by Gasteiger charge is 2.00. The van der Waals surface area contributed by atoms with E-state index in [2.05, 4.69) is 0 Å². The van der Waals surface area contributed by atoms with Crippen LogP contribution in [0, 0.1) is 6.92 Å². The first-order valence-electron chi connectivity index (χ1n) is 2.88. The zero-order valence-electron chi connectivity index (χ0n) is 5.27. The third-order valence-corrected chi connectivity index (χ3v) is 1.97. The predicted octanol–water partition coefficient (Wildman–Crippen LogP) is 3.25. The highest BCUT2D eigenvalue weighted by molar-refractivity contribution is 6.35. The molecule has 1 aromatic rings. The van der Waals surface area contributed by atoms with Crippen LogP contribution in [0.2, 0.25) is 10.0 Å². The Bertz CT molecular complexity index is 210. The van der Waals surface area contributed by atoms with Crippen molar-refractivity contribution in [3.05, 3.63) is 40.7 Å². The highest BCUT2D eigenvalue weighted by Crippen LogP contribution is 2.23. The molecule has 0 saturated heterocycles. The van der Waals surface area contributed by atoms with Crippen molar-refractivity contribution >= 4 is 23.2 Å². The molecule has 2 radical (unpaired) electrons. The van der Waals surface area contributed by atoms with Crippen LogP contribution in [-0.2, 0) is 6.42 Å². The van der Waals surface area contributed by atoms with Gasteiger partial charge in [-0.1, -0.05) is 29.3 Å². The Labute approximate surface area is 70.8 Å². The molecule has 0 aliphatic heterocycles. The van der Waals surface area contributed by atoms with Crippen molar-refractivity contribution in [1.29, 1.82) is 0 Å². The van der Waals surface area contributed by atoms with Gasteiger partial charge in [-0.15, -0.1) is 0 Å². The summed E-state index contributed by atoms with van der Waals surface area (Å²) >= 11 is 11.5. The molecular formula is C8H6Cl2. The fourth-order valence-electron chi connectivity index (χ4n) is 0.727. The minimum Gasteiger partial charge on any atom is -0.0840 e. The van der Waals surface area contributed by atoms with E-state index in [9.17, 15) is 0 Å². The summed E-state index contributed by atoms with van der Waals surface area (Å²) in [5.74, 6) is 0. The molecule has 0 fully saturated rings. The van der Waals surface area contributed by atoms with Crippen LogP contribution >= 0.6 is 23.2 Å². The predicted molar refractivity (Wildman–Crippen MR) is 44.5 cm³/mol. The molecule has 0 aliphatic carbocycles. The first-order chi connectivity index (χ1) is 4.75. The van der Waals surface area contributed by atoms with Crippen molar-refractivity contribution in [2.24, 2.45) is 0 Å². The number of halogens is 2. The topological polar surface area (TPSA) is 0 Å². The molecule has 10 heavy (non-hydrogen) atoms. The van der Waals surface area contributed by atoms with Gasteiger partial charge in [-0.2, -0.15) is 0 Å². The Morgan fingerprint density at radius 2 is 1.70 bits per heavy atom. The van der Waals surface area contributed by atoms with Gasteiger partial charge in [0, 0.05) is 10.0 Å². The molecule has 2 heteroatoms. The molecule has 0 unspecified atom stereocenters. The Morgan fingerprint density at radius 3 is 2.00 bits per heavy atom. The molecule has 0 bridgehead atoms. The largest absolute Gasteiger partial charge is 0.0840 e. The average molecular weight is 173 g/mol. The molecular weight excluding hydrogens is 167 g/mol. The smallest absolute Gasteiger partial charge is 0.0452 e. The molecule has 0 spiro atoms. The maximum absolute atomic E-state index is 5.77. The standard InChI is InChI=1S/C8H6Cl2/c1-2-6-7(9)4-3-5-8(6)10/h1,3-5H,2H2. The highest BCUT2D eigenvalue weighted by atomic mass is 35.5. The first-order valence-corrected chi connectivity index (χ1v) is 3.64. The van der Waals surface area contributed by atoms with Crippen LogP contribution in [-0.4, -0.2) is 0 Å². The van der Waals surface area contributed by atoms with Crippen molar-refractivity contribution < 1.29 is 0 Å². The number of rotatable bonds is 1. The van der Waals surface area contributed by atoms with Crippen molar-refractivity contribution in [3.8, 4) is 0 Å².